The number of hydrogen-bond donors (Lipinski definition) is 2. The fraction of sp³-hybridized carbons (Fsp3) is 0.562. The lowest BCUT2D eigenvalue weighted by molar-refractivity contribution is 0.336. The molecule has 1 rings (SSSR count). The molecular weight excluding hydrogens is 377 g/mol. The summed E-state index contributed by atoms with van der Waals surface area (Å²) in [5.74, 6) is 1.77. The summed E-state index contributed by atoms with van der Waals surface area (Å²) in [6.45, 7) is 6.56. The maximum Gasteiger partial charge on any atom is 0.191 e. The van der Waals surface area contributed by atoms with E-state index in [-0.39, 0.29) is 24.0 Å². The van der Waals surface area contributed by atoms with Crippen molar-refractivity contribution < 1.29 is 4.74 Å². The third-order valence-corrected chi connectivity index (χ3v) is 3.02. The van der Waals surface area contributed by atoms with Crippen LogP contribution in [-0.2, 0) is 6.54 Å². The third-order valence-electron chi connectivity index (χ3n) is 3.02. The highest BCUT2D eigenvalue weighted by molar-refractivity contribution is 14.0. The van der Waals surface area contributed by atoms with Crippen LogP contribution in [0.4, 0.5) is 0 Å². The number of aliphatic imine (C=N–C) groups is 1. The first-order valence-electron chi connectivity index (χ1n) is 7.47. The minimum Gasteiger partial charge on any atom is -0.494 e. The van der Waals surface area contributed by atoms with Crippen LogP contribution in [0, 0.1) is 0 Å². The second kappa shape index (κ2) is 12.7. The van der Waals surface area contributed by atoms with Gasteiger partial charge in [0.05, 0.1) is 6.61 Å². The van der Waals surface area contributed by atoms with Gasteiger partial charge in [0, 0.05) is 25.7 Å². The Balaban J connectivity index is 0.00000400. The van der Waals surface area contributed by atoms with Gasteiger partial charge in [0.1, 0.15) is 5.75 Å². The molecule has 0 aliphatic carbocycles. The van der Waals surface area contributed by atoms with Crippen molar-refractivity contribution in [2.75, 3.05) is 20.2 Å². The highest BCUT2D eigenvalue weighted by Crippen LogP contribution is 2.17. The van der Waals surface area contributed by atoms with Crippen molar-refractivity contribution in [1.82, 2.24) is 10.6 Å². The Labute approximate surface area is 145 Å². The quantitative estimate of drug-likeness (QED) is 0.301. The van der Waals surface area contributed by atoms with E-state index in [1.165, 1.54) is 19.3 Å². The first-order chi connectivity index (χ1) is 9.81. The molecule has 120 valence electrons. The number of halogens is 1. The van der Waals surface area contributed by atoms with Crippen LogP contribution in [0.5, 0.6) is 5.75 Å². The van der Waals surface area contributed by atoms with Gasteiger partial charge in [-0.1, -0.05) is 38.0 Å². The van der Waals surface area contributed by atoms with Crippen LogP contribution in [0.15, 0.2) is 29.3 Å². The number of benzene rings is 1. The number of rotatable bonds is 8. The summed E-state index contributed by atoms with van der Waals surface area (Å²) >= 11 is 0. The molecule has 0 aromatic heterocycles. The fourth-order valence-corrected chi connectivity index (χ4v) is 1.93. The zero-order chi connectivity index (χ0) is 14.6. The van der Waals surface area contributed by atoms with Gasteiger partial charge in [0.25, 0.3) is 0 Å². The highest BCUT2D eigenvalue weighted by atomic mass is 127. The molecule has 1 aromatic carbocycles. The van der Waals surface area contributed by atoms with Gasteiger partial charge in [-0.2, -0.15) is 0 Å². The van der Waals surface area contributed by atoms with Crippen LogP contribution in [0.3, 0.4) is 0 Å². The molecular formula is C16H28IN3O. The average molecular weight is 405 g/mol. The number of hydrogen-bond acceptors (Lipinski definition) is 2. The Morgan fingerprint density at radius 2 is 1.90 bits per heavy atom. The molecule has 0 amide bonds. The largest absolute Gasteiger partial charge is 0.494 e. The van der Waals surface area contributed by atoms with Crippen LogP contribution in [-0.4, -0.2) is 26.2 Å². The maximum absolute atomic E-state index is 5.62. The summed E-state index contributed by atoms with van der Waals surface area (Å²) in [6, 6.07) is 8.09. The van der Waals surface area contributed by atoms with Crippen LogP contribution < -0.4 is 15.4 Å². The van der Waals surface area contributed by atoms with Crippen molar-refractivity contribution in [2.24, 2.45) is 4.99 Å². The highest BCUT2D eigenvalue weighted by Gasteiger charge is 2.03. The zero-order valence-corrected chi connectivity index (χ0v) is 15.6. The number of guanidine groups is 1. The molecule has 21 heavy (non-hydrogen) atoms. The summed E-state index contributed by atoms with van der Waals surface area (Å²) in [4.78, 5) is 4.23. The van der Waals surface area contributed by atoms with Crippen LogP contribution in [0.1, 0.15) is 38.7 Å². The van der Waals surface area contributed by atoms with E-state index in [1.54, 1.807) is 7.05 Å². The minimum atomic E-state index is 0. The number of nitrogens with zero attached hydrogens (tertiary/aromatic N) is 1. The lowest BCUT2D eigenvalue weighted by Gasteiger charge is -2.14. The first kappa shape index (κ1) is 20.0. The van der Waals surface area contributed by atoms with Crippen molar-refractivity contribution in [2.45, 2.75) is 39.7 Å². The van der Waals surface area contributed by atoms with Gasteiger partial charge < -0.3 is 15.4 Å². The van der Waals surface area contributed by atoms with E-state index in [0.29, 0.717) is 13.2 Å². The zero-order valence-electron chi connectivity index (χ0n) is 13.3. The van der Waals surface area contributed by atoms with E-state index in [9.17, 15) is 0 Å². The van der Waals surface area contributed by atoms with Gasteiger partial charge in [-0.15, -0.1) is 24.0 Å². The smallest absolute Gasteiger partial charge is 0.191 e. The van der Waals surface area contributed by atoms with Crippen molar-refractivity contribution >= 4 is 29.9 Å². The minimum absolute atomic E-state index is 0. The molecule has 2 N–H and O–H groups in total. The van der Waals surface area contributed by atoms with Crippen molar-refractivity contribution in [1.29, 1.82) is 0 Å². The molecule has 0 aliphatic rings. The van der Waals surface area contributed by atoms with Crippen molar-refractivity contribution in [3.8, 4) is 5.75 Å². The molecule has 0 heterocycles. The van der Waals surface area contributed by atoms with Gasteiger partial charge >= 0.3 is 0 Å². The van der Waals surface area contributed by atoms with Gasteiger partial charge in [0.2, 0.25) is 0 Å². The van der Waals surface area contributed by atoms with E-state index in [0.717, 1.165) is 23.8 Å². The SMILES string of the molecule is CCCCCNC(=NC)NCc1ccccc1OCC.I. The number of ether oxygens (including phenoxy) is 1. The molecule has 0 unspecified atom stereocenters. The van der Waals surface area contributed by atoms with Gasteiger partial charge in [-0.05, 0) is 19.4 Å². The summed E-state index contributed by atoms with van der Waals surface area (Å²) in [6.07, 6.45) is 3.65. The molecule has 0 saturated carbocycles. The van der Waals surface area contributed by atoms with Crippen LogP contribution in [0.25, 0.3) is 0 Å². The topological polar surface area (TPSA) is 45.7 Å². The Morgan fingerprint density at radius 1 is 1.14 bits per heavy atom. The van der Waals surface area contributed by atoms with E-state index < -0.39 is 0 Å². The summed E-state index contributed by atoms with van der Waals surface area (Å²) < 4.78 is 5.62. The molecule has 0 aliphatic heterocycles. The molecule has 1 aromatic rings. The lowest BCUT2D eigenvalue weighted by Crippen LogP contribution is -2.37. The van der Waals surface area contributed by atoms with Crippen molar-refractivity contribution in [3.05, 3.63) is 29.8 Å². The molecule has 0 fully saturated rings. The second-order valence-electron chi connectivity index (χ2n) is 4.60. The molecule has 0 bridgehead atoms. The molecule has 0 saturated heterocycles. The molecule has 0 radical (unpaired) electrons. The van der Waals surface area contributed by atoms with E-state index in [2.05, 4.69) is 28.6 Å². The summed E-state index contributed by atoms with van der Waals surface area (Å²) in [5.41, 5.74) is 1.14. The Hall–Kier alpha value is -0.980. The summed E-state index contributed by atoms with van der Waals surface area (Å²) in [7, 11) is 1.80. The molecule has 5 heteroatoms. The van der Waals surface area contributed by atoms with Gasteiger partial charge in [-0.3, -0.25) is 4.99 Å². The van der Waals surface area contributed by atoms with Crippen LogP contribution >= 0.6 is 24.0 Å². The normalized spacial score (nSPS) is 10.7. The monoisotopic (exact) mass is 405 g/mol. The second-order valence-corrected chi connectivity index (χ2v) is 4.60. The first-order valence-corrected chi connectivity index (χ1v) is 7.47. The number of unbranched alkanes of at least 4 members (excludes halogenated alkanes) is 2. The van der Waals surface area contributed by atoms with E-state index in [1.807, 2.05) is 25.1 Å². The Morgan fingerprint density at radius 3 is 2.57 bits per heavy atom. The van der Waals surface area contributed by atoms with Crippen molar-refractivity contribution in [3.63, 3.8) is 0 Å². The van der Waals surface area contributed by atoms with Crippen LogP contribution in [0.2, 0.25) is 0 Å². The van der Waals surface area contributed by atoms with Gasteiger partial charge in [0.15, 0.2) is 5.96 Å². The predicted octanol–water partition coefficient (Wildman–Crippen LogP) is 3.56. The molecule has 0 spiro atoms. The standard InChI is InChI=1S/C16H27N3O.HI/c1-4-6-9-12-18-16(17-3)19-13-14-10-7-8-11-15(14)20-5-2;/h7-8,10-11H,4-6,9,12-13H2,1-3H3,(H2,17,18,19);1H. The average Bonchev–Trinajstić information content (AvgIpc) is 2.48. The fourth-order valence-electron chi connectivity index (χ4n) is 1.93. The Kier molecular flexibility index (Phi) is 12.1. The summed E-state index contributed by atoms with van der Waals surface area (Å²) in [5, 5.41) is 6.64. The third kappa shape index (κ3) is 8.14. The number of para-hydroxylation sites is 1. The lowest BCUT2D eigenvalue weighted by atomic mass is 10.2. The molecule has 4 nitrogen and oxygen atoms in total. The Bertz CT molecular complexity index is 410. The predicted molar refractivity (Wildman–Crippen MR) is 101 cm³/mol. The molecule has 0 atom stereocenters. The van der Waals surface area contributed by atoms with E-state index in [4.69, 9.17) is 4.74 Å². The van der Waals surface area contributed by atoms with Gasteiger partial charge in [-0.25, -0.2) is 0 Å². The number of nitrogens with one attached hydrogen (secondary N) is 2. The maximum atomic E-state index is 5.62. The van der Waals surface area contributed by atoms with E-state index >= 15 is 0 Å².